The highest BCUT2D eigenvalue weighted by atomic mass is 32.1. The van der Waals surface area contributed by atoms with E-state index < -0.39 is 0 Å². The van der Waals surface area contributed by atoms with Gasteiger partial charge in [-0.1, -0.05) is 31.7 Å². The second-order valence-electron chi connectivity index (χ2n) is 5.35. The van der Waals surface area contributed by atoms with Crippen LogP contribution in [0.1, 0.15) is 38.5 Å². The van der Waals surface area contributed by atoms with Gasteiger partial charge in [0.25, 0.3) is 0 Å². The lowest BCUT2D eigenvalue weighted by Gasteiger charge is -2.17. The summed E-state index contributed by atoms with van der Waals surface area (Å²) in [6.07, 6.45) is 11.4. The lowest BCUT2D eigenvalue weighted by atomic mass is 10.1. The molecule has 0 aromatic carbocycles. The minimum Gasteiger partial charge on any atom is -0.382 e. The molecule has 3 N–H and O–H groups in total. The van der Waals surface area contributed by atoms with Gasteiger partial charge in [-0.15, -0.1) is 0 Å². The fraction of sp³-hybridized carbons (Fsp3) is 0.467. The zero-order chi connectivity index (χ0) is 13.8. The maximum atomic E-state index is 6.04. The number of rotatable bonds is 3. The number of nitrogens with zero attached hydrogens (tertiary/aromatic N) is 2. The number of anilines is 2. The van der Waals surface area contributed by atoms with Crippen molar-refractivity contribution < 1.29 is 0 Å². The van der Waals surface area contributed by atoms with Crippen LogP contribution in [0.5, 0.6) is 0 Å². The molecule has 1 saturated carbocycles. The van der Waals surface area contributed by atoms with E-state index in [-0.39, 0.29) is 0 Å². The third-order valence-electron chi connectivity index (χ3n) is 3.86. The summed E-state index contributed by atoms with van der Waals surface area (Å²) in [4.78, 5) is 4.18. The molecule has 0 spiro atoms. The predicted molar refractivity (Wildman–Crippen MR) is 84.9 cm³/mol. The highest BCUT2D eigenvalue weighted by Crippen LogP contribution is 2.37. The van der Waals surface area contributed by atoms with E-state index in [2.05, 4.69) is 14.7 Å². The number of aromatic nitrogens is 2. The van der Waals surface area contributed by atoms with Crippen LogP contribution in [0.15, 0.2) is 24.5 Å². The van der Waals surface area contributed by atoms with Gasteiger partial charge >= 0.3 is 0 Å². The van der Waals surface area contributed by atoms with Gasteiger partial charge in [0.1, 0.15) is 10.8 Å². The zero-order valence-corrected chi connectivity index (χ0v) is 12.3. The quantitative estimate of drug-likeness (QED) is 0.840. The van der Waals surface area contributed by atoms with E-state index in [9.17, 15) is 0 Å². The van der Waals surface area contributed by atoms with E-state index in [4.69, 9.17) is 5.73 Å². The van der Waals surface area contributed by atoms with Crippen LogP contribution in [-0.4, -0.2) is 15.4 Å². The lowest BCUT2D eigenvalue weighted by molar-refractivity contribution is 0.621. The SMILES string of the molecule is Nc1nsc(NC2CCCCCC2)c1-c1cccnc1. The van der Waals surface area contributed by atoms with Gasteiger partial charge in [-0.25, -0.2) is 0 Å². The minimum absolute atomic E-state index is 0.549. The molecule has 2 aromatic rings. The topological polar surface area (TPSA) is 63.8 Å². The standard InChI is InChI=1S/C15H20N4S/c16-14-13(11-6-5-9-17-10-11)15(20-19-14)18-12-7-3-1-2-4-8-12/h5-6,9-10,12,18H,1-4,7-8H2,(H2,16,19). The summed E-state index contributed by atoms with van der Waals surface area (Å²) in [6.45, 7) is 0. The Kier molecular flexibility index (Phi) is 4.16. The summed E-state index contributed by atoms with van der Waals surface area (Å²) >= 11 is 1.46. The molecule has 1 aliphatic carbocycles. The molecule has 3 rings (SSSR count). The van der Waals surface area contributed by atoms with Crippen LogP contribution in [0.4, 0.5) is 10.8 Å². The molecule has 1 aliphatic rings. The van der Waals surface area contributed by atoms with Gasteiger partial charge in [-0.2, -0.15) is 4.37 Å². The normalized spacial score (nSPS) is 16.8. The van der Waals surface area contributed by atoms with Crippen molar-refractivity contribution in [2.24, 2.45) is 0 Å². The van der Waals surface area contributed by atoms with E-state index in [0.717, 1.165) is 16.1 Å². The molecule has 5 heteroatoms. The third kappa shape index (κ3) is 2.93. The van der Waals surface area contributed by atoms with Crippen molar-refractivity contribution in [3.05, 3.63) is 24.5 Å². The second kappa shape index (κ2) is 6.22. The maximum absolute atomic E-state index is 6.04. The Morgan fingerprint density at radius 1 is 1.20 bits per heavy atom. The summed E-state index contributed by atoms with van der Waals surface area (Å²) in [7, 11) is 0. The molecule has 0 bridgehead atoms. The first-order chi connectivity index (χ1) is 9.84. The molecule has 0 saturated heterocycles. The molecule has 106 valence electrons. The average molecular weight is 288 g/mol. The summed E-state index contributed by atoms with van der Waals surface area (Å²) in [5.74, 6) is 0.596. The monoisotopic (exact) mass is 288 g/mol. The number of nitrogens with two attached hydrogens (primary N) is 1. The van der Waals surface area contributed by atoms with Crippen LogP contribution in [0, 0.1) is 0 Å². The Labute approximate surface area is 123 Å². The highest BCUT2D eigenvalue weighted by Gasteiger charge is 2.18. The first-order valence-corrected chi connectivity index (χ1v) is 8.04. The van der Waals surface area contributed by atoms with Gasteiger partial charge in [0, 0.05) is 24.0 Å². The van der Waals surface area contributed by atoms with E-state index in [1.165, 1.54) is 50.1 Å². The van der Waals surface area contributed by atoms with E-state index in [1.807, 2.05) is 18.3 Å². The van der Waals surface area contributed by atoms with E-state index >= 15 is 0 Å². The molecular formula is C15H20N4S. The van der Waals surface area contributed by atoms with Crippen molar-refractivity contribution in [2.75, 3.05) is 11.1 Å². The van der Waals surface area contributed by atoms with Crippen LogP contribution in [-0.2, 0) is 0 Å². The molecule has 2 aromatic heterocycles. The van der Waals surface area contributed by atoms with Crippen LogP contribution < -0.4 is 11.1 Å². The molecule has 2 heterocycles. The Balaban J connectivity index is 1.83. The van der Waals surface area contributed by atoms with Crippen LogP contribution in [0.3, 0.4) is 0 Å². The number of nitrogen functional groups attached to an aromatic ring is 1. The van der Waals surface area contributed by atoms with Crippen molar-refractivity contribution in [1.29, 1.82) is 0 Å². The summed E-state index contributed by atoms with van der Waals surface area (Å²) in [5.41, 5.74) is 8.08. The third-order valence-corrected chi connectivity index (χ3v) is 4.65. The van der Waals surface area contributed by atoms with E-state index in [0.29, 0.717) is 11.9 Å². The van der Waals surface area contributed by atoms with Crippen molar-refractivity contribution in [3.8, 4) is 11.1 Å². The Bertz CT molecular complexity index is 544. The molecule has 0 unspecified atom stereocenters. The Hall–Kier alpha value is -1.62. The number of pyridine rings is 1. The van der Waals surface area contributed by atoms with Gasteiger partial charge in [0.05, 0.1) is 5.56 Å². The molecule has 0 radical (unpaired) electrons. The summed E-state index contributed by atoms with van der Waals surface area (Å²) < 4.78 is 4.31. The number of nitrogens with one attached hydrogen (secondary N) is 1. The smallest absolute Gasteiger partial charge is 0.147 e. The van der Waals surface area contributed by atoms with Crippen LogP contribution >= 0.6 is 11.5 Å². The fourth-order valence-corrected chi connectivity index (χ4v) is 3.61. The summed E-state index contributed by atoms with van der Waals surface area (Å²) in [6, 6.07) is 4.51. The maximum Gasteiger partial charge on any atom is 0.147 e. The van der Waals surface area contributed by atoms with Gasteiger partial charge in [-0.3, -0.25) is 4.98 Å². The number of hydrogen-bond acceptors (Lipinski definition) is 5. The van der Waals surface area contributed by atoms with Crippen molar-refractivity contribution in [3.63, 3.8) is 0 Å². The first kappa shape index (κ1) is 13.4. The van der Waals surface area contributed by atoms with Crippen molar-refractivity contribution in [2.45, 2.75) is 44.6 Å². The second-order valence-corrected chi connectivity index (χ2v) is 6.12. The largest absolute Gasteiger partial charge is 0.382 e. The van der Waals surface area contributed by atoms with Crippen molar-refractivity contribution >= 4 is 22.4 Å². The van der Waals surface area contributed by atoms with Crippen LogP contribution in [0.2, 0.25) is 0 Å². The predicted octanol–water partition coefficient (Wildman–Crippen LogP) is 3.92. The minimum atomic E-state index is 0.549. The van der Waals surface area contributed by atoms with Gasteiger partial charge in [-0.05, 0) is 30.4 Å². The lowest BCUT2D eigenvalue weighted by Crippen LogP contribution is -2.17. The van der Waals surface area contributed by atoms with Crippen molar-refractivity contribution in [1.82, 2.24) is 9.36 Å². The van der Waals surface area contributed by atoms with Gasteiger partial charge in [0.2, 0.25) is 0 Å². The molecule has 0 aliphatic heterocycles. The zero-order valence-electron chi connectivity index (χ0n) is 11.5. The average Bonchev–Trinajstić information content (AvgIpc) is 2.67. The molecular weight excluding hydrogens is 268 g/mol. The van der Waals surface area contributed by atoms with Crippen LogP contribution in [0.25, 0.3) is 11.1 Å². The van der Waals surface area contributed by atoms with E-state index in [1.54, 1.807) is 6.20 Å². The molecule has 0 amide bonds. The molecule has 20 heavy (non-hydrogen) atoms. The summed E-state index contributed by atoms with van der Waals surface area (Å²) in [5, 5.41) is 4.74. The van der Waals surface area contributed by atoms with Gasteiger partial charge < -0.3 is 11.1 Å². The Morgan fingerprint density at radius 3 is 2.70 bits per heavy atom. The Morgan fingerprint density at radius 2 is 2.00 bits per heavy atom. The highest BCUT2D eigenvalue weighted by molar-refractivity contribution is 7.11. The molecule has 1 fully saturated rings. The molecule has 4 nitrogen and oxygen atoms in total. The fourth-order valence-electron chi connectivity index (χ4n) is 2.80. The first-order valence-electron chi connectivity index (χ1n) is 7.26. The molecule has 0 atom stereocenters. The number of hydrogen-bond donors (Lipinski definition) is 2. The van der Waals surface area contributed by atoms with Gasteiger partial charge in [0.15, 0.2) is 0 Å².